The van der Waals surface area contributed by atoms with Gasteiger partial charge in [0.15, 0.2) is 0 Å². The molecule has 0 N–H and O–H groups in total. The van der Waals surface area contributed by atoms with E-state index in [1.807, 2.05) is 27.7 Å². The molecule has 18 heavy (non-hydrogen) atoms. The minimum absolute atomic E-state index is 0.112. The molecule has 0 rings (SSSR count). The van der Waals surface area contributed by atoms with Gasteiger partial charge in [0, 0.05) is 6.04 Å². The highest BCUT2D eigenvalue weighted by Crippen LogP contribution is 2.15. The largest absolute Gasteiger partial charge is 0.459 e. The van der Waals surface area contributed by atoms with Crippen molar-refractivity contribution in [3.05, 3.63) is 0 Å². The zero-order valence-corrected chi connectivity index (χ0v) is 13.2. The van der Waals surface area contributed by atoms with Gasteiger partial charge in [0.05, 0.1) is 0 Å². The average molecular weight is 257 g/mol. The first-order valence-corrected chi connectivity index (χ1v) is 7.21. The van der Waals surface area contributed by atoms with Crippen LogP contribution in [-0.4, -0.2) is 35.1 Å². The highest BCUT2D eigenvalue weighted by molar-refractivity contribution is 5.75. The molecule has 108 valence electrons. The Hall–Kier alpha value is -0.570. The monoisotopic (exact) mass is 257 g/mol. The van der Waals surface area contributed by atoms with Crippen LogP contribution in [0.3, 0.4) is 0 Å². The normalized spacial score (nSPS) is 15.6. The topological polar surface area (TPSA) is 29.5 Å². The van der Waals surface area contributed by atoms with Crippen LogP contribution < -0.4 is 0 Å². The van der Waals surface area contributed by atoms with E-state index in [-0.39, 0.29) is 12.0 Å². The van der Waals surface area contributed by atoms with Gasteiger partial charge in [0.1, 0.15) is 11.6 Å². The Labute approximate surface area is 113 Å². The van der Waals surface area contributed by atoms with E-state index in [9.17, 15) is 4.79 Å². The van der Waals surface area contributed by atoms with Gasteiger partial charge < -0.3 is 4.74 Å². The van der Waals surface area contributed by atoms with Crippen molar-refractivity contribution >= 4 is 5.97 Å². The SMILES string of the molecule is CCCCN(C(C)CC)C(C)C(=O)OC(C)(C)C. The summed E-state index contributed by atoms with van der Waals surface area (Å²) in [6.07, 6.45) is 3.32. The van der Waals surface area contributed by atoms with Crippen LogP contribution >= 0.6 is 0 Å². The van der Waals surface area contributed by atoms with Crippen LogP contribution in [0, 0.1) is 0 Å². The molecule has 0 saturated heterocycles. The van der Waals surface area contributed by atoms with E-state index in [2.05, 4.69) is 25.7 Å². The van der Waals surface area contributed by atoms with Crippen molar-refractivity contribution in [3.63, 3.8) is 0 Å². The maximum Gasteiger partial charge on any atom is 0.323 e. The van der Waals surface area contributed by atoms with Crippen molar-refractivity contribution in [2.75, 3.05) is 6.54 Å². The average Bonchev–Trinajstić information content (AvgIpc) is 2.26. The molecule has 0 aromatic carbocycles. The van der Waals surface area contributed by atoms with Crippen LogP contribution in [0.5, 0.6) is 0 Å². The fourth-order valence-corrected chi connectivity index (χ4v) is 1.89. The molecule has 3 heteroatoms. The van der Waals surface area contributed by atoms with Crippen LogP contribution in [0.1, 0.15) is 67.7 Å². The summed E-state index contributed by atoms with van der Waals surface area (Å²) in [6.45, 7) is 15.2. The van der Waals surface area contributed by atoms with E-state index in [4.69, 9.17) is 4.74 Å². The molecule has 0 spiro atoms. The number of hydrogen-bond acceptors (Lipinski definition) is 3. The summed E-state index contributed by atoms with van der Waals surface area (Å²) < 4.78 is 5.47. The van der Waals surface area contributed by atoms with Crippen molar-refractivity contribution in [3.8, 4) is 0 Å². The van der Waals surface area contributed by atoms with E-state index in [1.54, 1.807) is 0 Å². The lowest BCUT2D eigenvalue weighted by Gasteiger charge is -2.34. The maximum absolute atomic E-state index is 12.1. The predicted molar refractivity (Wildman–Crippen MR) is 76.7 cm³/mol. The molecule has 3 nitrogen and oxygen atoms in total. The molecule has 2 atom stereocenters. The Morgan fingerprint density at radius 1 is 1.22 bits per heavy atom. The van der Waals surface area contributed by atoms with Gasteiger partial charge in [-0.1, -0.05) is 20.3 Å². The first-order chi connectivity index (χ1) is 8.22. The van der Waals surface area contributed by atoms with E-state index >= 15 is 0 Å². The van der Waals surface area contributed by atoms with Gasteiger partial charge >= 0.3 is 5.97 Å². The smallest absolute Gasteiger partial charge is 0.323 e. The fraction of sp³-hybridized carbons (Fsp3) is 0.933. The zero-order chi connectivity index (χ0) is 14.3. The molecule has 2 unspecified atom stereocenters. The van der Waals surface area contributed by atoms with E-state index in [1.165, 1.54) is 0 Å². The lowest BCUT2D eigenvalue weighted by atomic mass is 10.1. The molecule has 0 amide bonds. The maximum atomic E-state index is 12.1. The van der Waals surface area contributed by atoms with E-state index in [0.717, 1.165) is 25.8 Å². The lowest BCUT2D eigenvalue weighted by Crippen LogP contribution is -2.47. The quantitative estimate of drug-likeness (QED) is 0.652. The summed E-state index contributed by atoms with van der Waals surface area (Å²) in [5, 5.41) is 0. The van der Waals surface area contributed by atoms with Gasteiger partial charge in [-0.3, -0.25) is 9.69 Å². The number of rotatable bonds is 7. The van der Waals surface area contributed by atoms with E-state index < -0.39 is 5.60 Å². The molecule has 0 aliphatic carbocycles. The minimum Gasteiger partial charge on any atom is -0.459 e. The second-order valence-electron chi connectivity index (χ2n) is 6.06. The van der Waals surface area contributed by atoms with Crippen LogP contribution in [0.25, 0.3) is 0 Å². The van der Waals surface area contributed by atoms with Crippen LogP contribution in [0.2, 0.25) is 0 Å². The van der Waals surface area contributed by atoms with Crippen LogP contribution in [0.15, 0.2) is 0 Å². The summed E-state index contributed by atoms with van der Waals surface area (Å²) in [6, 6.07) is 0.254. The van der Waals surface area contributed by atoms with Gasteiger partial charge in [-0.25, -0.2) is 0 Å². The summed E-state index contributed by atoms with van der Waals surface area (Å²) >= 11 is 0. The number of nitrogens with zero attached hydrogens (tertiary/aromatic N) is 1. The van der Waals surface area contributed by atoms with Gasteiger partial charge in [-0.2, -0.15) is 0 Å². The third kappa shape index (κ3) is 6.39. The molecule has 0 aromatic heterocycles. The molecule has 0 bridgehead atoms. The number of carbonyl (C=O) groups excluding carboxylic acids is 1. The van der Waals surface area contributed by atoms with Gasteiger partial charge in [0.2, 0.25) is 0 Å². The Kier molecular flexibility index (Phi) is 7.53. The van der Waals surface area contributed by atoms with Crippen LogP contribution in [0.4, 0.5) is 0 Å². The van der Waals surface area contributed by atoms with Crippen molar-refractivity contribution < 1.29 is 9.53 Å². The number of carbonyl (C=O) groups is 1. The highest BCUT2D eigenvalue weighted by Gasteiger charge is 2.28. The first kappa shape index (κ1) is 17.4. The Morgan fingerprint density at radius 2 is 1.78 bits per heavy atom. The summed E-state index contributed by atoms with van der Waals surface area (Å²) in [5.41, 5.74) is -0.406. The first-order valence-electron chi connectivity index (χ1n) is 7.21. The third-order valence-corrected chi connectivity index (χ3v) is 3.17. The molecular formula is C15H31NO2. The number of unbranched alkanes of at least 4 members (excludes halogenated alkanes) is 1. The molecule has 0 saturated carbocycles. The van der Waals surface area contributed by atoms with Gasteiger partial charge in [-0.05, 0) is 54.0 Å². The highest BCUT2D eigenvalue weighted by atomic mass is 16.6. The number of esters is 1. The molecule has 0 aromatic rings. The lowest BCUT2D eigenvalue weighted by molar-refractivity contribution is -0.161. The summed E-state index contributed by atoms with van der Waals surface area (Å²) in [5.74, 6) is -0.112. The van der Waals surface area contributed by atoms with Crippen molar-refractivity contribution in [1.82, 2.24) is 4.90 Å². The van der Waals surface area contributed by atoms with E-state index in [0.29, 0.717) is 6.04 Å². The number of hydrogen-bond donors (Lipinski definition) is 0. The molecular weight excluding hydrogens is 226 g/mol. The Morgan fingerprint density at radius 3 is 2.17 bits per heavy atom. The van der Waals surface area contributed by atoms with Crippen molar-refractivity contribution in [2.24, 2.45) is 0 Å². The van der Waals surface area contributed by atoms with Gasteiger partial charge in [0.25, 0.3) is 0 Å². The fourth-order valence-electron chi connectivity index (χ4n) is 1.89. The Bertz CT molecular complexity index is 245. The third-order valence-electron chi connectivity index (χ3n) is 3.17. The second kappa shape index (κ2) is 7.78. The van der Waals surface area contributed by atoms with Crippen LogP contribution in [-0.2, 0) is 9.53 Å². The molecule has 0 radical (unpaired) electrons. The zero-order valence-electron chi connectivity index (χ0n) is 13.2. The number of ether oxygens (including phenoxy) is 1. The molecule has 0 heterocycles. The predicted octanol–water partition coefficient (Wildman–Crippen LogP) is 3.62. The van der Waals surface area contributed by atoms with Crippen molar-refractivity contribution in [1.29, 1.82) is 0 Å². The van der Waals surface area contributed by atoms with Crippen molar-refractivity contribution in [2.45, 2.75) is 85.4 Å². The molecule has 0 aliphatic heterocycles. The van der Waals surface area contributed by atoms with Gasteiger partial charge in [-0.15, -0.1) is 0 Å². The summed E-state index contributed by atoms with van der Waals surface area (Å²) in [4.78, 5) is 14.4. The minimum atomic E-state index is -0.406. The second-order valence-corrected chi connectivity index (χ2v) is 6.06. The molecule has 0 fully saturated rings. The standard InChI is InChI=1S/C15H31NO2/c1-8-10-11-16(12(3)9-2)13(4)14(17)18-15(5,6)7/h12-13H,8-11H2,1-7H3. The summed E-state index contributed by atoms with van der Waals surface area (Å²) in [7, 11) is 0. The molecule has 0 aliphatic rings. The Balaban J connectivity index is 4.62.